The molecule has 1 aliphatic heterocycles. The van der Waals surface area contributed by atoms with Crippen molar-refractivity contribution in [2.75, 3.05) is 17.7 Å². The van der Waals surface area contributed by atoms with Crippen LogP contribution in [0.5, 0.6) is 5.75 Å². The van der Waals surface area contributed by atoms with Crippen molar-refractivity contribution in [2.45, 2.75) is 40.8 Å². The van der Waals surface area contributed by atoms with Gasteiger partial charge in [-0.05, 0) is 13.0 Å². The minimum atomic E-state index is -0.293. The van der Waals surface area contributed by atoms with Gasteiger partial charge in [-0.1, -0.05) is 27.7 Å². The molecule has 0 spiro atoms. The van der Waals surface area contributed by atoms with Gasteiger partial charge in [0.1, 0.15) is 17.3 Å². The highest BCUT2D eigenvalue weighted by Gasteiger charge is 2.20. The lowest BCUT2D eigenvalue weighted by atomic mass is 10.2. The predicted molar refractivity (Wildman–Crippen MR) is 72.4 cm³/mol. The number of halogens is 1. The second-order valence-electron chi connectivity index (χ2n) is 3.04. The fourth-order valence-electron chi connectivity index (χ4n) is 1.49. The summed E-state index contributed by atoms with van der Waals surface area (Å²) in [4.78, 5) is 0. The molecule has 1 aliphatic rings. The van der Waals surface area contributed by atoms with Crippen LogP contribution >= 0.6 is 0 Å². The van der Waals surface area contributed by atoms with Crippen molar-refractivity contribution < 1.29 is 9.13 Å². The molecule has 1 aromatic carbocycles. The molecule has 1 aromatic rings. The van der Waals surface area contributed by atoms with Gasteiger partial charge in [-0.2, -0.15) is 0 Å². The van der Waals surface area contributed by atoms with Crippen molar-refractivity contribution in [3.63, 3.8) is 0 Å². The standard InChI is InChI=1S/C9H11FN2O.2C2H6/c1-5-11-7-3-6(10)4-8(13-2)9(7)12-5;2*1-2/h3-5,11-12H,1-2H3;2*1-2H3. The minimum absolute atomic E-state index is 0.116. The van der Waals surface area contributed by atoms with E-state index in [1.807, 2.05) is 34.6 Å². The maximum Gasteiger partial charge on any atom is 0.147 e. The first-order valence-electron chi connectivity index (χ1n) is 6.11. The Morgan fingerprint density at radius 1 is 1.12 bits per heavy atom. The molecule has 3 nitrogen and oxygen atoms in total. The Labute approximate surface area is 103 Å². The average molecular weight is 242 g/mol. The minimum Gasteiger partial charge on any atom is -0.494 e. The van der Waals surface area contributed by atoms with Gasteiger partial charge in [0.05, 0.1) is 19.0 Å². The van der Waals surface area contributed by atoms with Crippen molar-refractivity contribution in [3.8, 4) is 5.75 Å². The molecule has 1 atom stereocenters. The Morgan fingerprint density at radius 3 is 2.24 bits per heavy atom. The zero-order valence-corrected chi connectivity index (χ0v) is 11.5. The van der Waals surface area contributed by atoms with Gasteiger partial charge in [-0.3, -0.25) is 0 Å². The monoisotopic (exact) mass is 242 g/mol. The maximum absolute atomic E-state index is 13.0. The lowest BCUT2D eigenvalue weighted by molar-refractivity contribution is 0.413. The lowest BCUT2D eigenvalue weighted by Crippen LogP contribution is -2.16. The Morgan fingerprint density at radius 2 is 1.71 bits per heavy atom. The molecule has 98 valence electrons. The van der Waals surface area contributed by atoms with E-state index in [-0.39, 0.29) is 12.0 Å². The fourth-order valence-corrected chi connectivity index (χ4v) is 1.49. The summed E-state index contributed by atoms with van der Waals surface area (Å²) in [6.45, 7) is 9.96. The Balaban J connectivity index is 0.000000581. The van der Waals surface area contributed by atoms with Crippen LogP contribution in [-0.4, -0.2) is 13.3 Å². The molecular weight excluding hydrogens is 219 g/mol. The third kappa shape index (κ3) is 3.80. The number of rotatable bonds is 1. The van der Waals surface area contributed by atoms with Crippen LogP contribution in [0.3, 0.4) is 0 Å². The molecule has 4 heteroatoms. The van der Waals surface area contributed by atoms with Gasteiger partial charge < -0.3 is 15.4 Å². The van der Waals surface area contributed by atoms with Crippen LogP contribution in [0.4, 0.5) is 15.8 Å². The highest BCUT2D eigenvalue weighted by atomic mass is 19.1. The van der Waals surface area contributed by atoms with Gasteiger partial charge in [0.15, 0.2) is 0 Å². The Kier molecular flexibility index (Phi) is 7.10. The van der Waals surface area contributed by atoms with Crippen LogP contribution in [0, 0.1) is 5.82 Å². The van der Waals surface area contributed by atoms with Crippen LogP contribution in [0.1, 0.15) is 34.6 Å². The van der Waals surface area contributed by atoms with Gasteiger partial charge in [0, 0.05) is 6.07 Å². The molecule has 17 heavy (non-hydrogen) atoms. The van der Waals surface area contributed by atoms with Crippen molar-refractivity contribution in [1.29, 1.82) is 0 Å². The van der Waals surface area contributed by atoms with E-state index in [0.717, 1.165) is 11.4 Å². The van der Waals surface area contributed by atoms with E-state index in [0.29, 0.717) is 5.75 Å². The van der Waals surface area contributed by atoms with Gasteiger partial charge in [0.25, 0.3) is 0 Å². The Bertz CT molecular complexity index is 342. The maximum atomic E-state index is 13.0. The quantitative estimate of drug-likeness (QED) is 0.778. The number of hydrogen-bond acceptors (Lipinski definition) is 3. The van der Waals surface area contributed by atoms with Crippen LogP contribution in [0.2, 0.25) is 0 Å². The molecule has 0 aromatic heterocycles. The van der Waals surface area contributed by atoms with Crippen LogP contribution in [0.25, 0.3) is 0 Å². The van der Waals surface area contributed by atoms with E-state index >= 15 is 0 Å². The van der Waals surface area contributed by atoms with Crippen LogP contribution in [0.15, 0.2) is 12.1 Å². The zero-order valence-electron chi connectivity index (χ0n) is 11.5. The smallest absolute Gasteiger partial charge is 0.147 e. The number of methoxy groups -OCH3 is 1. The number of anilines is 2. The summed E-state index contributed by atoms with van der Waals surface area (Å²) in [6.07, 6.45) is 0.116. The van der Waals surface area contributed by atoms with Crippen molar-refractivity contribution in [1.82, 2.24) is 0 Å². The molecule has 0 bridgehead atoms. The average Bonchev–Trinajstić information content (AvgIpc) is 2.73. The molecule has 2 rings (SSSR count). The predicted octanol–water partition coefficient (Wildman–Crippen LogP) is 4.07. The molecular formula is C13H23FN2O. The summed E-state index contributed by atoms with van der Waals surface area (Å²) in [6, 6.07) is 2.82. The van der Waals surface area contributed by atoms with Crippen molar-refractivity contribution in [3.05, 3.63) is 17.9 Å². The number of benzene rings is 1. The van der Waals surface area contributed by atoms with E-state index in [1.54, 1.807) is 0 Å². The van der Waals surface area contributed by atoms with Crippen LogP contribution < -0.4 is 15.4 Å². The van der Waals surface area contributed by atoms with Crippen molar-refractivity contribution in [2.24, 2.45) is 0 Å². The molecule has 2 N–H and O–H groups in total. The van der Waals surface area contributed by atoms with E-state index in [2.05, 4.69) is 10.6 Å². The first-order chi connectivity index (χ1) is 8.20. The van der Waals surface area contributed by atoms with E-state index in [9.17, 15) is 4.39 Å². The van der Waals surface area contributed by atoms with Gasteiger partial charge in [-0.15, -0.1) is 0 Å². The normalized spacial score (nSPS) is 15.1. The highest BCUT2D eigenvalue weighted by molar-refractivity contribution is 5.80. The molecule has 0 amide bonds. The first kappa shape index (κ1) is 15.6. The van der Waals surface area contributed by atoms with Gasteiger partial charge in [0.2, 0.25) is 0 Å². The number of hydrogen-bond donors (Lipinski definition) is 2. The lowest BCUT2D eigenvalue weighted by Gasteiger charge is -2.06. The largest absolute Gasteiger partial charge is 0.494 e. The SMILES string of the molecule is CC.CC.COc1cc(F)cc2c1NC(C)N2. The third-order valence-corrected chi connectivity index (χ3v) is 2.02. The van der Waals surface area contributed by atoms with Gasteiger partial charge >= 0.3 is 0 Å². The second-order valence-corrected chi connectivity index (χ2v) is 3.04. The van der Waals surface area contributed by atoms with E-state index in [4.69, 9.17) is 4.74 Å². The Hall–Kier alpha value is -1.45. The molecule has 0 aliphatic carbocycles. The van der Waals surface area contributed by atoms with Gasteiger partial charge in [-0.25, -0.2) is 4.39 Å². The van der Waals surface area contributed by atoms with E-state index in [1.165, 1.54) is 19.2 Å². The van der Waals surface area contributed by atoms with E-state index < -0.39 is 0 Å². The second kappa shape index (κ2) is 7.76. The summed E-state index contributed by atoms with van der Waals surface area (Å²) in [5.41, 5.74) is 1.58. The number of fused-ring (bicyclic) bond motifs is 1. The molecule has 0 saturated heterocycles. The molecule has 0 fully saturated rings. The molecule has 0 radical (unpaired) electrons. The molecule has 1 unspecified atom stereocenters. The van der Waals surface area contributed by atoms with Crippen molar-refractivity contribution >= 4 is 11.4 Å². The third-order valence-electron chi connectivity index (χ3n) is 2.02. The fraction of sp³-hybridized carbons (Fsp3) is 0.538. The highest BCUT2D eigenvalue weighted by Crippen LogP contribution is 2.38. The topological polar surface area (TPSA) is 33.3 Å². The van der Waals surface area contributed by atoms with Crippen LogP contribution in [-0.2, 0) is 0 Å². The summed E-state index contributed by atoms with van der Waals surface area (Å²) in [7, 11) is 1.53. The first-order valence-corrected chi connectivity index (χ1v) is 6.11. The molecule has 0 saturated carbocycles. The summed E-state index contributed by atoms with van der Waals surface area (Å²) in [5, 5.41) is 6.22. The summed E-state index contributed by atoms with van der Waals surface area (Å²) in [5.74, 6) is 0.242. The zero-order chi connectivity index (χ0) is 13.4. The number of ether oxygens (including phenoxy) is 1. The summed E-state index contributed by atoms with van der Waals surface area (Å²) >= 11 is 0. The summed E-state index contributed by atoms with van der Waals surface area (Å²) < 4.78 is 18.0. The number of nitrogens with one attached hydrogen (secondary N) is 2. The molecule has 1 heterocycles.